The summed E-state index contributed by atoms with van der Waals surface area (Å²) in [6.07, 6.45) is 1.73. The molecule has 1 rings (SSSR count). The zero-order chi connectivity index (χ0) is 14.5. The van der Waals surface area contributed by atoms with Crippen LogP contribution in [-0.2, 0) is 13.6 Å². The van der Waals surface area contributed by atoms with Crippen LogP contribution in [0.1, 0.15) is 13.8 Å². The minimum absolute atomic E-state index is 0.270. The maximum absolute atomic E-state index is 12.4. The summed E-state index contributed by atoms with van der Waals surface area (Å²) in [5, 5.41) is 0. The normalized spacial score (nSPS) is 12.5. The third kappa shape index (κ3) is 5.06. The van der Waals surface area contributed by atoms with E-state index in [1.54, 1.807) is 32.2 Å². The summed E-state index contributed by atoms with van der Waals surface area (Å²) < 4.78 is 29.2. The van der Waals surface area contributed by atoms with Gasteiger partial charge in [0.1, 0.15) is 0 Å². The van der Waals surface area contributed by atoms with E-state index in [-0.39, 0.29) is 13.2 Å². The zero-order valence-electron chi connectivity index (χ0n) is 12.2. The molecule has 1 heterocycles. The molecule has 0 radical (unpaired) electrons. The molecule has 0 unspecified atom stereocenters. The van der Waals surface area contributed by atoms with Gasteiger partial charge in [-0.3, -0.25) is 0 Å². The van der Waals surface area contributed by atoms with E-state index in [0.717, 1.165) is 3.71 Å². The van der Waals surface area contributed by atoms with E-state index in [1.165, 1.54) is 0 Å². The van der Waals surface area contributed by atoms with Gasteiger partial charge in [-0.1, -0.05) is 0 Å². The van der Waals surface area contributed by atoms with Crippen LogP contribution < -0.4 is 8.23 Å². The Morgan fingerprint density at radius 3 is 2.26 bits per heavy atom. The SMILES string of the molecule is CCOP(=O)(OCC)Oc1cccn[c]1[Sn]([CH3])([CH3])[CH3]. The number of pyridine rings is 1. The van der Waals surface area contributed by atoms with Gasteiger partial charge in [-0.2, -0.15) is 0 Å². The molecule has 0 spiro atoms. The molecule has 7 heteroatoms. The third-order valence-corrected chi connectivity index (χ3v) is 8.96. The Bertz CT molecular complexity index is 451. The van der Waals surface area contributed by atoms with E-state index in [9.17, 15) is 4.57 Å². The summed E-state index contributed by atoms with van der Waals surface area (Å²) in [6, 6.07) is 3.54. The molecule has 0 atom stereocenters. The molecule has 5 nitrogen and oxygen atoms in total. The summed E-state index contributed by atoms with van der Waals surface area (Å²) >= 11 is -2.44. The van der Waals surface area contributed by atoms with E-state index < -0.39 is 26.2 Å². The summed E-state index contributed by atoms with van der Waals surface area (Å²) in [7, 11) is -3.54. The Hall–Kier alpha value is -0.101. The van der Waals surface area contributed by atoms with Crippen LogP contribution in [0.15, 0.2) is 18.3 Å². The second-order valence-corrected chi connectivity index (χ2v) is 20.8. The fraction of sp³-hybridized carbons (Fsp3) is 0.583. The first-order valence-corrected chi connectivity index (χ1v) is 17.8. The van der Waals surface area contributed by atoms with E-state index in [2.05, 4.69) is 19.8 Å². The van der Waals surface area contributed by atoms with E-state index in [1.807, 2.05) is 0 Å². The molecule has 108 valence electrons. The molecule has 0 bridgehead atoms. The average Bonchev–Trinajstić information content (AvgIpc) is 2.28. The van der Waals surface area contributed by atoms with Crippen LogP contribution in [0, 0.1) is 0 Å². The molecule has 19 heavy (non-hydrogen) atoms. The first kappa shape index (κ1) is 17.0. The fourth-order valence-electron chi connectivity index (χ4n) is 1.55. The molecule has 1 aromatic rings. The van der Waals surface area contributed by atoms with Gasteiger partial charge < -0.3 is 0 Å². The minimum atomic E-state index is -3.54. The van der Waals surface area contributed by atoms with Gasteiger partial charge in [0.05, 0.1) is 0 Å². The molecule has 0 N–H and O–H groups in total. The van der Waals surface area contributed by atoms with Gasteiger partial charge in [0.2, 0.25) is 0 Å². The number of phosphoric acid groups is 1. The van der Waals surface area contributed by atoms with Gasteiger partial charge in [0.25, 0.3) is 0 Å². The van der Waals surface area contributed by atoms with Crippen LogP contribution >= 0.6 is 7.82 Å². The monoisotopic (exact) mass is 395 g/mol. The predicted molar refractivity (Wildman–Crippen MR) is 78.7 cm³/mol. The Balaban J connectivity index is 3.07. The van der Waals surface area contributed by atoms with Crippen molar-refractivity contribution in [2.45, 2.75) is 28.7 Å². The average molecular weight is 394 g/mol. The van der Waals surface area contributed by atoms with Crippen molar-refractivity contribution in [1.29, 1.82) is 0 Å². The topological polar surface area (TPSA) is 57.7 Å². The molecule has 0 aliphatic heterocycles. The number of phosphoric ester groups is 1. The van der Waals surface area contributed by atoms with Crippen molar-refractivity contribution in [1.82, 2.24) is 4.98 Å². The molecule has 0 aromatic carbocycles. The number of nitrogens with zero attached hydrogens (tertiary/aromatic N) is 1. The number of rotatable bonds is 7. The molecular weight excluding hydrogens is 372 g/mol. The second-order valence-electron chi connectivity index (χ2n) is 4.97. The third-order valence-electron chi connectivity index (χ3n) is 2.27. The second kappa shape index (κ2) is 7.06. The van der Waals surface area contributed by atoms with Crippen molar-refractivity contribution in [3.8, 4) is 5.75 Å². The van der Waals surface area contributed by atoms with Crippen LogP contribution in [0.5, 0.6) is 5.75 Å². The number of hydrogen-bond acceptors (Lipinski definition) is 5. The Morgan fingerprint density at radius 2 is 1.79 bits per heavy atom. The molecule has 1 aromatic heterocycles. The van der Waals surface area contributed by atoms with Crippen LogP contribution in [0.3, 0.4) is 0 Å². The standard InChI is InChI=1S/C9H13NO4P.3CH3.Sn/c1-3-12-15(11,13-4-2)14-9-6-5-7-10-8-9;;;;/h5-7H,3-4H2,1-2H3;3*1H3;. The maximum atomic E-state index is 12.4. The molecule has 0 aliphatic rings. The van der Waals surface area contributed by atoms with Gasteiger partial charge in [-0.25, -0.2) is 0 Å². The first-order valence-electron chi connectivity index (χ1n) is 6.36. The van der Waals surface area contributed by atoms with Crippen LogP contribution in [0.25, 0.3) is 0 Å². The van der Waals surface area contributed by atoms with E-state index in [4.69, 9.17) is 13.6 Å². The quantitative estimate of drug-likeness (QED) is 0.526. The van der Waals surface area contributed by atoms with E-state index in [0.29, 0.717) is 5.75 Å². The molecule has 0 saturated carbocycles. The number of aromatic nitrogens is 1. The summed E-state index contributed by atoms with van der Waals surface area (Å²) in [6.45, 7) is 4.04. The molecule has 0 fully saturated rings. The molecule has 0 saturated heterocycles. The molecule has 0 amide bonds. The Kier molecular flexibility index (Phi) is 6.30. The van der Waals surface area contributed by atoms with Crippen LogP contribution in [0.2, 0.25) is 14.8 Å². The predicted octanol–water partition coefficient (Wildman–Crippen LogP) is 3.19. The van der Waals surface area contributed by atoms with E-state index >= 15 is 0 Å². The van der Waals surface area contributed by atoms with Crippen molar-refractivity contribution in [3.63, 3.8) is 0 Å². The van der Waals surface area contributed by atoms with Crippen molar-refractivity contribution in [2.75, 3.05) is 13.2 Å². The van der Waals surface area contributed by atoms with Crippen LogP contribution in [-0.4, -0.2) is 36.6 Å². The molecular formula is C12H22NO4PSn. The summed E-state index contributed by atoms with van der Waals surface area (Å²) in [5.41, 5.74) is 0. The Morgan fingerprint density at radius 1 is 1.21 bits per heavy atom. The summed E-state index contributed by atoms with van der Waals surface area (Å²) in [4.78, 5) is 11.0. The van der Waals surface area contributed by atoms with Gasteiger partial charge in [0, 0.05) is 0 Å². The zero-order valence-corrected chi connectivity index (χ0v) is 15.9. The van der Waals surface area contributed by atoms with Gasteiger partial charge in [0.15, 0.2) is 0 Å². The van der Waals surface area contributed by atoms with Gasteiger partial charge in [-0.05, 0) is 0 Å². The van der Waals surface area contributed by atoms with Crippen molar-refractivity contribution in [3.05, 3.63) is 18.3 Å². The fourth-order valence-corrected chi connectivity index (χ4v) is 6.81. The molecule has 0 aliphatic carbocycles. The van der Waals surface area contributed by atoms with Gasteiger partial charge >= 0.3 is 119 Å². The van der Waals surface area contributed by atoms with Gasteiger partial charge in [-0.15, -0.1) is 0 Å². The first-order chi connectivity index (χ1) is 8.82. The van der Waals surface area contributed by atoms with Crippen molar-refractivity contribution >= 4 is 29.9 Å². The Labute approximate surface area is 119 Å². The summed E-state index contributed by atoms with van der Waals surface area (Å²) in [5.74, 6) is 0.524. The van der Waals surface area contributed by atoms with Crippen molar-refractivity contribution in [2.24, 2.45) is 0 Å². The van der Waals surface area contributed by atoms with Crippen molar-refractivity contribution < 1.29 is 18.1 Å². The number of hydrogen-bond donors (Lipinski definition) is 0. The van der Waals surface area contributed by atoms with Crippen LogP contribution in [0.4, 0.5) is 0 Å².